The van der Waals surface area contributed by atoms with E-state index < -0.39 is 22.9 Å². The van der Waals surface area contributed by atoms with Gasteiger partial charge in [-0.15, -0.1) is 0 Å². The molecule has 0 aliphatic carbocycles. The van der Waals surface area contributed by atoms with E-state index in [0.29, 0.717) is 23.7 Å². The number of alkyl halides is 3. The molecule has 28 heavy (non-hydrogen) atoms. The Bertz CT molecular complexity index is 1050. The van der Waals surface area contributed by atoms with Gasteiger partial charge >= 0.3 is 6.18 Å². The van der Waals surface area contributed by atoms with E-state index in [0.717, 1.165) is 6.42 Å². The predicted octanol–water partition coefficient (Wildman–Crippen LogP) is 5.58. The first-order valence-corrected chi connectivity index (χ1v) is 8.72. The summed E-state index contributed by atoms with van der Waals surface area (Å²) in [5.74, 6) is -0.468. The largest absolute Gasteiger partial charge is 0.497 e. The lowest BCUT2D eigenvalue weighted by molar-refractivity contribution is -0.152. The highest BCUT2D eigenvalue weighted by Gasteiger charge is 2.39. The van der Waals surface area contributed by atoms with Crippen molar-refractivity contribution in [2.45, 2.75) is 26.4 Å². The molecule has 148 valence electrons. The molecule has 0 aliphatic heterocycles. The Hall–Kier alpha value is -2.96. The standard InChI is InChI=1S/C21H19F3O4/c1-4-11-27-16-10-9-15-18(25)17(13-5-7-14(26-3)8-6-13)20(21(22,23)24)28-19(15)12(16)2/h5-10H,4,11H2,1-3H3. The van der Waals surface area contributed by atoms with Crippen LogP contribution in [0.25, 0.3) is 22.1 Å². The number of ether oxygens (including phenoxy) is 2. The normalized spacial score (nSPS) is 11.6. The van der Waals surface area contributed by atoms with E-state index in [1.165, 1.54) is 37.4 Å². The third kappa shape index (κ3) is 3.56. The molecule has 0 bridgehead atoms. The Kier molecular flexibility index (Phi) is 5.36. The summed E-state index contributed by atoms with van der Waals surface area (Å²) in [5, 5.41) is 0.0696. The number of rotatable bonds is 5. The molecular formula is C21H19F3O4. The Morgan fingerprint density at radius 1 is 1.07 bits per heavy atom. The number of methoxy groups -OCH3 is 1. The first-order chi connectivity index (χ1) is 13.3. The van der Waals surface area contributed by atoms with Crippen LogP contribution in [0, 0.1) is 6.92 Å². The Morgan fingerprint density at radius 2 is 1.75 bits per heavy atom. The highest BCUT2D eigenvalue weighted by molar-refractivity contribution is 5.86. The van der Waals surface area contributed by atoms with Crippen LogP contribution in [-0.4, -0.2) is 13.7 Å². The minimum Gasteiger partial charge on any atom is -0.497 e. The second kappa shape index (κ2) is 7.58. The molecule has 0 fully saturated rings. The molecule has 0 saturated heterocycles. The summed E-state index contributed by atoms with van der Waals surface area (Å²) in [5.41, 5.74) is -0.932. The zero-order valence-corrected chi connectivity index (χ0v) is 15.6. The Labute approximate surface area is 159 Å². The van der Waals surface area contributed by atoms with Crippen molar-refractivity contribution in [1.82, 2.24) is 0 Å². The fourth-order valence-electron chi connectivity index (χ4n) is 2.96. The van der Waals surface area contributed by atoms with Crippen molar-refractivity contribution in [3.8, 4) is 22.6 Å². The molecule has 1 heterocycles. The van der Waals surface area contributed by atoms with Crippen LogP contribution in [0.2, 0.25) is 0 Å². The van der Waals surface area contributed by atoms with Gasteiger partial charge in [-0.05, 0) is 43.2 Å². The lowest BCUT2D eigenvalue weighted by atomic mass is 10.0. The number of hydrogen-bond donors (Lipinski definition) is 0. The van der Waals surface area contributed by atoms with Crippen molar-refractivity contribution >= 4 is 11.0 Å². The highest BCUT2D eigenvalue weighted by Crippen LogP contribution is 2.39. The molecule has 0 N–H and O–H groups in total. The topological polar surface area (TPSA) is 48.7 Å². The molecule has 0 atom stereocenters. The Balaban J connectivity index is 2.31. The molecular weight excluding hydrogens is 373 g/mol. The fraction of sp³-hybridized carbons (Fsp3) is 0.286. The SMILES string of the molecule is CCCOc1ccc2c(=O)c(-c3ccc(OC)cc3)c(C(F)(F)F)oc2c1C. The van der Waals surface area contributed by atoms with Crippen LogP contribution < -0.4 is 14.9 Å². The molecule has 1 aromatic heterocycles. The van der Waals surface area contributed by atoms with E-state index in [2.05, 4.69) is 0 Å². The number of aryl methyl sites for hydroxylation is 1. The lowest BCUT2D eigenvalue weighted by Gasteiger charge is -2.15. The summed E-state index contributed by atoms with van der Waals surface area (Å²) in [7, 11) is 1.45. The van der Waals surface area contributed by atoms with Gasteiger partial charge in [0.1, 0.15) is 17.1 Å². The smallest absolute Gasteiger partial charge is 0.450 e. The monoisotopic (exact) mass is 392 g/mol. The minimum absolute atomic E-state index is 0.0696. The van der Waals surface area contributed by atoms with Crippen LogP contribution in [0.15, 0.2) is 45.6 Å². The molecule has 0 radical (unpaired) electrons. The van der Waals surface area contributed by atoms with Crippen molar-refractivity contribution < 1.29 is 27.1 Å². The van der Waals surface area contributed by atoms with Crippen LogP contribution in [0.5, 0.6) is 11.5 Å². The zero-order valence-electron chi connectivity index (χ0n) is 15.6. The average molecular weight is 392 g/mol. The van der Waals surface area contributed by atoms with Crippen molar-refractivity contribution in [2.75, 3.05) is 13.7 Å². The van der Waals surface area contributed by atoms with E-state index >= 15 is 0 Å². The van der Waals surface area contributed by atoms with Gasteiger partial charge in [-0.1, -0.05) is 19.1 Å². The summed E-state index contributed by atoms with van der Waals surface area (Å²) in [6, 6.07) is 8.80. The highest BCUT2D eigenvalue weighted by atomic mass is 19.4. The van der Waals surface area contributed by atoms with Gasteiger partial charge in [-0.25, -0.2) is 0 Å². The molecule has 0 spiro atoms. The van der Waals surface area contributed by atoms with Gasteiger partial charge in [0.15, 0.2) is 0 Å². The van der Waals surface area contributed by atoms with Gasteiger partial charge in [0.2, 0.25) is 11.2 Å². The van der Waals surface area contributed by atoms with Crippen LogP contribution in [0.3, 0.4) is 0 Å². The summed E-state index contributed by atoms with van der Waals surface area (Å²) >= 11 is 0. The quantitative estimate of drug-likeness (QED) is 0.568. The van der Waals surface area contributed by atoms with Gasteiger partial charge in [-0.3, -0.25) is 4.79 Å². The molecule has 7 heteroatoms. The maximum absolute atomic E-state index is 13.7. The molecule has 2 aromatic carbocycles. The maximum Gasteiger partial charge on any atom is 0.450 e. The second-order valence-electron chi connectivity index (χ2n) is 6.28. The van der Waals surface area contributed by atoms with Crippen LogP contribution >= 0.6 is 0 Å². The van der Waals surface area contributed by atoms with Gasteiger partial charge in [-0.2, -0.15) is 13.2 Å². The first kappa shape index (κ1) is 19.8. The fourth-order valence-corrected chi connectivity index (χ4v) is 2.96. The maximum atomic E-state index is 13.7. The molecule has 3 rings (SSSR count). The van der Waals surface area contributed by atoms with Crippen molar-refractivity contribution in [2.24, 2.45) is 0 Å². The van der Waals surface area contributed by atoms with Gasteiger partial charge in [0.25, 0.3) is 0 Å². The molecule has 0 saturated carbocycles. The summed E-state index contributed by atoms with van der Waals surface area (Å²) in [6.45, 7) is 3.90. The van der Waals surface area contributed by atoms with Crippen molar-refractivity contribution in [1.29, 1.82) is 0 Å². The third-order valence-electron chi connectivity index (χ3n) is 4.36. The summed E-state index contributed by atoms with van der Waals surface area (Å²) in [6.07, 6.45) is -4.10. The number of benzene rings is 2. The zero-order chi connectivity index (χ0) is 20.5. The number of fused-ring (bicyclic) bond motifs is 1. The minimum atomic E-state index is -4.84. The van der Waals surface area contributed by atoms with Gasteiger partial charge in [0.05, 0.1) is 24.7 Å². The Morgan fingerprint density at radius 3 is 2.32 bits per heavy atom. The van der Waals surface area contributed by atoms with E-state index in [1.807, 2.05) is 6.92 Å². The van der Waals surface area contributed by atoms with E-state index in [1.54, 1.807) is 13.0 Å². The van der Waals surface area contributed by atoms with Gasteiger partial charge in [0, 0.05) is 5.56 Å². The lowest BCUT2D eigenvalue weighted by Crippen LogP contribution is -2.16. The van der Waals surface area contributed by atoms with Crippen LogP contribution in [-0.2, 0) is 6.18 Å². The van der Waals surface area contributed by atoms with Crippen LogP contribution in [0.4, 0.5) is 13.2 Å². The predicted molar refractivity (Wildman–Crippen MR) is 100.0 cm³/mol. The first-order valence-electron chi connectivity index (χ1n) is 8.72. The van der Waals surface area contributed by atoms with Gasteiger partial charge < -0.3 is 13.9 Å². The summed E-state index contributed by atoms with van der Waals surface area (Å²) in [4.78, 5) is 13.0. The molecule has 0 unspecified atom stereocenters. The second-order valence-corrected chi connectivity index (χ2v) is 6.28. The third-order valence-corrected chi connectivity index (χ3v) is 4.36. The summed E-state index contributed by atoms with van der Waals surface area (Å²) < 4.78 is 57.0. The van der Waals surface area contributed by atoms with Crippen molar-refractivity contribution in [3.05, 3.63) is 57.9 Å². The van der Waals surface area contributed by atoms with Crippen molar-refractivity contribution in [3.63, 3.8) is 0 Å². The number of hydrogen-bond acceptors (Lipinski definition) is 4. The van der Waals surface area contributed by atoms with E-state index in [-0.39, 0.29) is 16.5 Å². The van der Waals surface area contributed by atoms with E-state index in [4.69, 9.17) is 13.9 Å². The molecule has 4 nitrogen and oxygen atoms in total. The van der Waals surface area contributed by atoms with E-state index in [9.17, 15) is 18.0 Å². The molecule has 3 aromatic rings. The average Bonchev–Trinajstić information content (AvgIpc) is 2.67. The molecule has 0 aliphatic rings. The van der Waals surface area contributed by atoms with Crippen LogP contribution in [0.1, 0.15) is 24.7 Å². The molecule has 0 amide bonds. The number of halogens is 3.